The lowest BCUT2D eigenvalue weighted by molar-refractivity contribution is -0.112. The highest BCUT2D eigenvalue weighted by atomic mass is 16.5. The summed E-state index contributed by atoms with van der Waals surface area (Å²) in [4.78, 5) is 23.9. The van der Waals surface area contributed by atoms with Crippen LogP contribution in [0.3, 0.4) is 0 Å². The third-order valence-electron chi connectivity index (χ3n) is 4.12. The van der Waals surface area contributed by atoms with Crippen LogP contribution in [-0.4, -0.2) is 19.0 Å². The van der Waals surface area contributed by atoms with E-state index < -0.39 is 11.9 Å². The van der Waals surface area contributed by atoms with Gasteiger partial charge in [-0.3, -0.25) is 4.79 Å². The Morgan fingerprint density at radius 3 is 2.43 bits per heavy atom. The fourth-order valence-corrected chi connectivity index (χ4v) is 2.60. The Hall–Kier alpha value is -3.59. The van der Waals surface area contributed by atoms with Crippen LogP contribution >= 0.6 is 0 Å². The summed E-state index contributed by atoms with van der Waals surface area (Å²) in [5.41, 5.74) is 3.04. The first-order valence-corrected chi connectivity index (χ1v) is 8.87. The Morgan fingerprint density at radius 2 is 1.82 bits per heavy atom. The molecule has 2 aromatic carbocycles. The molecule has 0 aliphatic heterocycles. The lowest BCUT2D eigenvalue weighted by atomic mass is 10.0. The van der Waals surface area contributed by atoms with E-state index in [4.69, 9.17) is 0 Å². The van der Waals surface area contributed by atoms with Gasteiger partial charge in [0.15, 0.2) is 0 Å². The zero-order valence-electron chi connectivity index (χ0n) is 16.2. The number of nitriles is 1. The number of carbonyl (C=O) groups excluding carboxylic acids is 2. The fraction of sp³-hybridized carbons (Fsp3) is 0.227. The molecule has 144 valence electrons. The van der Waals surface area contributed by atoms with Crippen LogP contribution in [0.5, 0.6) is 0 Å². The number of carbonyl (C=O) groups is 2. The van der Waals surface area contributed by atoms with Crippen LogP contribution < -0.4 is 10.6 Å². The van der Waals surface area contributed by atoms with Crippen molar-refractivity contribution in [3.63, 3.8) is 0 Å². The molecule has 0 spiro atoms. The third-order valence-corrected chi connectivity index (χ3v) is 4.12. The molecular weight excluding hydrogens is 354 g/mol. The van der Waals surface area contributed by atoms with Gasteiger partial charge in [0.25, 0.3) is 5.91 Å². The molecule has 0 atom stereocenters. The molecule has 0 saturated carbocycles. The number of anilines is 1. The second-order valence-electron chi connectivity index (χ2n) is 6.44. The van der Waals surface area contributed by atoms with E-state index in [0.29, 0.717) is 17.8 Å². The molecule has 1 amide bonds. The quantitative estimate of drug-likeness (QED) is 0.436. The van der Waals surface area contributed by atoms with Gasteiger partial charge in [-0.05, 0) is 35.2 Å². The molecule has 0 heterocycles. The van der Waals surface area contributed by atoms with Crippen molar-refractivity contribution < 1.29 is 14.3 Å². The molecule has 0 saturated heterocycles. The topological polar surface area (TPSA) is 91.2 Å². The standard InChI is InChI=1S/C22H23N3O3/c1-15(2)19-6-4-5-7-20(19)25-21(26)18(12-23)14-24-13-16-8-10-17(11-9-16)22(27)28-3/h4-11,14-15,24H,13H2,1-3H3,(H,25,26)/b18-14-. The first-order valence-electron chi connectivity index (χ1n) is 8.87. The van der Waals surface area contributed by atoms with Crippen molar-refractivity contribution in [2.24, 2.45) is 0 Å². The number of nitrogens with zero attached hydrogens (tertiary/aromatic N) is 1. The lowest BCUT2D eigenvalue weighted by Crippen LogP contribution is -2.17. The van der Waals surface area contributed by atoms with Crippen molar-refractivity contribution >= 4 is 17.6 Å². The van der Waals surface area contributed by atoms with Crippen molar-refractivity contribution in [3.8, 4) is 6.07 Å². The van der Waals surface area contributed by atoms with E-state index >= 15 is 0 Å². The Bertz CT molecular complexity index is 909. The van der Waals surface area contributed by atoms with Crippen LogP contribution in [0.1, 0.15) is 41.3 Å². The summed E-state index contributed by atoms with van der Waals surface area (Å²) in [5, 5.41) is 15.1. The second kappa shape index (κ2) is 9.93. The summed E-state index contributed by atoms with van der Waals surface area (Å²) in [6.07, 6.45) is 1.39. The van der Waals surface area contributed by atoms with Gasteiger partial charge in [-0.2, -0.15) is 5.26 Å². The molecule has 0 bridgehead atoms. The number of amides is 1. The zero-order valence-corrected chi connectivity index (χ0v) is 16.2. The Kier molecular flexibility index (Phi) is 7.35. The molecule has 0 fully saturated rings. The molecule has 2 rings (SSSR count). The van der Waals surface area contributed by atoms with Crippen molar-refractivity contribution in [1.29, 1.82) is 5.26 Å². The number of para-hydroxylation sites is 1. The SMILES string of the molecule is COC(=O)c1ccc(CN/C=C(/C#N)C(=O)Nc2ccccc2C(C)C)cc1. The van der Waals surface area contributed by atoms with Gasteiger partial charge in [-0.25, -0.2) is 4.79 Å². The minimum absolute atomic E-state index is 0.0234. The Labute approximate surface area is 164 Å². The van der Waals surface area contributed by atoms with Crippen LogP contribution in [0, 0.1) is 11.3 Å². The highest BCUT2D eigenvalue weighted by molar-refractivity contribution is 6.06. The number of rotatable bonds is 7. The molecule has 6 heteroatoms. The van der Waals surface area contributed by atoms with Gasteiger partial charge in [0.2, 0.25) is 0 Å². The summed E-state index contributed by atoms with van der Waals surface area (Å²) >= 11 is 0. The first-order chi connectivity index (χ1) is 13.5. The van der Waals surface area contributed by atoms with Gasteiger partial charge < -0.3 is 15.4 Å². The molecule has 0 aliphatic carbocycles. The minimum atomic E-state index is -0.468. The Balaban J connectivity index is 2.01. The average molecular weight is 377 g/mol. The van der Waals surface area contributed by atoms with E-state index in [1.807, 2.05) is 44.2 Å². The van der Waals surface area contributed by atoms with E-state index in [1.54, 1.807) is 24.3 Å². The highest BCUT2D eigenvalue weighted by Gasteiger charge is 2.13. The predicted molar refractivity (Wildman–Crippen MR) is 107 cm³/mol. The summed E-state index contributed by atoms with van der Waals surface area (Å²) < 4.78 is 4.66. The number of methoxy groups -OCH3 is 1. The van der Waals surface area contributed by atoms with E-state index in [1.165, 1.54) is 13.3 Å². The zero-order chi connectivity index (χ0) is 20.5. The van der Waals surface area contributed by atoms with Gasteiger partial charge in [-0.15, -0.1) is 0 Å². The van der Waals surface area contributed by atoms with E-state index in [-0.39, 0.29) is 11.5 Å². The highest BCUT2D eigenvalue weighted by Crippen LogP contribution is 2.24. The van der Waals surface area contributed by atoms with Crippen LogP contribution in [0.25, 0.3) is 0 Å². The molecule has 6 nitrogen and oxygen atoms in total. The number of nitrogens with one attached hydrogen (secondary N) is 2. The van der Waals surface area contributed by atoms with Gasteiger partial charge in [0.05, 0.1) is 12.7 Å². The van der Waals surface area contributed by atoms with E-state index in [9.17, 15) is 14.9 Å². The smallest absolute Gasteiger partial charge is 0.337 e. The number of benzene rings is 2. The molecule has 28 heavy (non-hydrogen) atoms. The van der Waals surface area contributed by atoms with Crippen molar-refractivity contribution in [2.45, 2.75) is 26.3 Å². The maximum Gasteiger partial charge on any atom is 0.337 e. The molecule has 0 unspecified atom stereocenters. The molecule has 2 aromatic rings. The van der Waals surface area contributed by atoms with Crippen LogP contribution in [0.2, 0.25) is 0 Å². The van der Waals surface area contributed by atoms with Gasteiger partial charge in [0, 0.05) is 18.4 Å². The van der Waals surface area contributed by atoms with Gasteiger partial charge in [-0.1, -0.05) is 44.2 Å². The average Bonchev–Trinajstić information content (AvgIpc) is 2.71. The molecule has 0 aromatic heterocycles. The number of hydrogen-bond acceptors (Lipinski definition) is 5. The maximum atomic E-state index is 12.4. The van der Waals surface area contributed by atoms with E-state index in [2.05, 4.69) is 15.4 Å². The molecule has 2 N–H and O–H groups in total. The summed E-state index contributed by atoms with van der Waals surface area (Å²) in [5.74, 6) is -0.620. The van der Waals surface area contributed by atoms with Crippen molar-refractivity contribution in [1.82, 2.24) is 5.32 Å². The van der Waals surface area contributed by atoms with E-state index in [0.717, 1.165) is 11.1 Å². The number of hydrogen-bond donors (Lipinski definition) is 2. The molecule has 0 radical (unpaired) electrons. The van der Waals surface area contributed by atoms with Crippen LogP contribution in [0.15, 0.2) is 60.3 Å². The van der Waals surface area contributed by atoms with Crippen LogP contribution in [0.4, 0.5) is 5.69 Å². The van der Waals surface area contributed by atoms with Gasteiger partial charge in [0.1, 0.15) is 11.6 Å². The molecule has 0 aliphatic rings. The van der Waals surface area contributed by atoms with Crippen molar-refractivity contribution in [2.75, 3.05) is 12.4 Å². The fourth-order valence-electron chi connectivity index (χ4n) is 2.60. The number of ether oxygens (including phenoxy) is 1. The first kappa shape index (κ1) is 20.7. The van der Waals surface area contributed by atoms with Crippen LogP contribution in [-0.2, 0) is 16.1 Å². The lowest BCUT2D eigenvalue weighted by Gasteiger charge is -2.13. The minimum Gasteiger partial charge on any atom is -0.465 e. The predicted octanol–water partition coefficient (Wildman–Crippen LogP) is 3.73. The molecular formula is C22H23N3O3. The monoisotopic (exact) mass is 377 g/mol. The normalized spacial score (nSPS) is 10.9. The van der Waals surface area contributed by atoms with Crippen molar-refractivity contribution in [3.05, 3.63) is 77.0 Å². The Morgan fingerprint density at radius 1 is 1.14 bits per heavy atom. The summed E-state index contributed by atoms with van der Waals surface area (Å²) in [6.45, 7) is 4.49. The summed E-state index contributed by atoms with van der Waals surface area (Å²) in [6, 6.07) is 16.3. The summed E-state index contributed by atoms with van der Waals surface area (Å²) in [7, 11) is 1.33. The second-order valence-corrected chi connectivity index (χ2v) is 6.44. The number of esters is 1. The largest absolute Gasteiger partial charge is 0.465 e. The maximum absolute atomic E-state index is 12.4. The third kappa shape index (κ3) is 5.45. The van der Waals surface area contributed by atoms with Gasteiger partial charge >= 0.3 is 5.97 Å².